The topological polar surface area (TPSA) is 107 Å². The number of esters is 1. The third kappa shape index (κ3) is 4.95. The van der Waals surface area contributed by atoms with Crippen LogP contribution in [0.3, 0.4) is 0 Å². The number of para-hydroxylation sites is 2. The predicted molar refractivity (Wildman–Crippen MR) is 115 cm³/mol. The van der Waals surface area contributed by atoms with Crippen molar-refractivity contribution < 1.29 is 24.1 Å². The summed E-state index contributed by atoms with van der Waals surface area (Å²) in [5.41, 5.74) is 2.34. The van der Waals surface area contributed by atoms with Gasteiger partial charge in [0, 0.05) is 19.5 Å². The summed E-state index contributed by atoms with van der Waals surface area (Å²) in [5, 5.41) is 19.9. The van der Waals surface area contributed by atoms with Crippen LogP contribution in [0.4, 0.5) is 0 Å². The Morgan fingerprint density at radius 3 is 2.45 bits per heavy atom. The van der Waals surface area contributed by atoms with Gasteiger partial charge in [-0.25, -0.2) is 4.98 Å². The third-order valence-electron chi connectivity index (χ3n) is 4.81. The van der Waals surface area contributed by atoms with Gasteiger partial charge >= 0.3 is 5.97 Å². The molecule has 8 nitrogen and oxygen atoms in total. The number of imidazole rings is 1. The second-order valence-corrected chi connectivity index (χ2v) is 6.80. The molecule has 1 heterocycles. The van der Waals surface area contributed by atoms with Crippen LogP contribution in [-0.2, 0) is 23.0 Å². The number of rotatable bonds is 8. The zero-order valence-electron chi connectivity index (χ0n) is 17.6. The highest BCUT2D eigenvalue weighted by Crippen LogP contribution is 2.24. The minimum Gasteiger partial charge on any atom is -0.507 e. The molecule has 3 rings (SSSR count). The van der Waals surface area contributed by atoms with Crippen LogP contribution in [0.1, 0.15) is 17.8 Å². The highest BCUT2D eigenvalue weighted by molar-refractivity contribution is 5.84. The van der Waals surface area contributed by atoms with Gasteiger partial charge in [-0.05, 0) is 36.2 Å². The van der Waals surface area contributed by atoms with Crippen molar-refractivity contribution >= 4 is 22.6 Å². The minimum atomic E-state index is -0.504. The van der Waals surface area contributed by atoms with Gasteiger partial charge in [-0.1, -0.05) is 12.1 Å². The Labute approximate surface area is 179 Å². The fourth-order valence-electron chi connectivity index (χ4n) is 3.16. The first-order valence-electron chi connectivity index (χ1n) is 9.58. The number of aromatic nitrogens is 2. The zero-order chi connectivity index (χ0) is 22.4. The van der Waals surface area contributed by atoms with Crippen LogP contribution in [0, 0.1) is 11.3 Å². The Balaban J connectivity index is 1.66. The number of aliphatic hydroxyl groups excluding tert-OH is 1. The lowest BCUT2D eigenvalue weighted by molar-refractivity contribution is -0.143. The van der Waals surface area contributed by atoms with Crippen LogP contribution in [0.5, 0.6) is 11.5 Å². The highest BCUT2D eigenvalue weighted by atomic mass is 16.5. The molecule has 0 radical (unpaired) electrons. The summed E-state index contributed by atoms with van der Waals surface area (Å²) >= 11 is 0. The second-order valence-electron chi connectivity index (χ2n) is 6.80. The lowest BCUT2D eigenvalue weighted by Gasteiger charge is -2.09. The Morgan fingerprint density at radius 2 is 1.84 bits per heavy atom. The molecule has 0 fully saturated rings. The van der Waals surface area contributed by atoms with Gasteiger partial charge in [0.15, 0.2) is 11.6 Å². The van der Waals surface area contributed by atoms with Crippen LogP contribution in [-0.4, -0.2) is 41.5 Å². The van der Waals surface area contributed by atoms with E-state index in [2.05, 4.69) is 4.98 Å². The quantitative estimate of drug-likeness (QED) is 0.337. The van der Waals surface area contributed by atoms with E-state index in [4.69, 9.17) is 14.2 Å². The maximum absolute atomic E-state index is 12.2. The molecule has 1 N–H and O–H groups in total. The molecule has 0 bridgehead atoms. The largest absolute Gasteiger partial charge is 0.507 e. The zero-order valence-corrected chi connectivity index (χ0v) is 17.6. The molecule has 160 valence electrons. The second kappa shape index (κ2) is 9.67. The van der Waals surface area contributed by atoms with Crippen LogP contribution < -0.4 is 9.47 Å². The molecule has 8 heteroatoms. The van der Waals surface area contributed by atoms with Gasteiger partial charge in [0.1, 0.15) is 29.7 Å². The van der Waals surface area contributed by atoms with Crippen LogP contribution in [0.15, 0.2) is 48.2 Å². The molecule has 0 aliphatic heterocycles. The Hall–Kier alpha value is -3.99. The molecule has 3 aromatic rings. The number of hydrogen-bond donors (Lipinski definition) is 1. The first kappa shape index (κ1) is 21.7. The van der Waals surface area contributed by atoms with Crippen molar-refractivity contribution in [2.24, 2.45) is 7.05 Å². The van der Waals surface area contributed by atoms with E-state index in [0.717, 1.165) is 11.1 Å². The molecule has 0 saturated heterocycles. The van der Waals surface area contributed by atoms with Gasteiger partial charge in [-0.3, -0.25) is 4.79 Å². The van der Waals surface area contributed by atoms with E-state index in [1.807, 2.05) is 42.5 Å². The lowest BCUT2D eigenvalue weighted by Crippen LogP contribution is -2.10. The number of ether oxygens (including phenoxy) is 3. The number of fused-ring (bicyclic) bond motifs is 1. The maximum Gasteiger partial charge on any atom is 0.306 e. The van der Waals surface area contributed by atoms with Crippen molar-refractivity contribution in [2.45, 2.75) is 12.8 Å². The molecular weight excluding hydrogens is 398 g/mol. The van der Waals surface area contributed by atoms with Gasteiger partial charge in [0.2, 0.25) is 0 Å². The number of nitriles is 1. The summed E-state index contributed by atoms with van der Waals surface area (Å²) in [7, 11) is 4.86. The lowest BCUT2D eigenvalue weighted by atomic mass is 10.1. The van der Waals surface area contributed by atoms with Crippen LogP contribution >= 0.6 is 0 Å². The molecule has 0 atom stereocenters. The molecule has 0 aliphatic rings. The van der Waals surface area contributed by atoms with E-state index in [1.54, 1.807) is 31.9 Å². The number of aliphatic hydroxyl groups is 1. The van der Waals surface area contributed by atoms with E-state index in [0.29, 0.717) is 29.3 Å². The average Bonchev–Trinajstić information content (AvgIpc) is 3.12. The fourth-order valence-corrected chi connectivity index (χ4v) is 3.16. The summed E-state index contributed by atoms with van der Waals surface area (Å²) in [4.78, 5) is 16.6. The monoisotopic (exact) mass is 421 g/mol. The van der Waals surface area contributed by atoms with E-state index in [1.165, 1.54) is 0 Å². The summed E-state index contributed by atoms with van der Waals surface area (Å²) < 4.78 is 17.3. The standard InChI is InChI=1S/C23H23N3O5/c1-26-20-7-5-4-6-19(20)25-23(26)18(13-24)21(27)14-31-22(28)9-8-15-10-16(29-2)12-17(11-15)30-3/h4-7,10-12,27H,8-9,14H2,1-3H3/b21-18-. The van der Waals surface area contributed by atoms with E-state index in [-0.39, 0.29) is 17.8 Å². The Kier molecular flexibility index (Phi) is 6.78. The highest BCUT2D eigenvalue weighted by Gasteiger charge is 2.17. The minimum absolute atomic E-state index is 0.0379. The molecule has 0 saturated carbocycles. The molecule has 0 unspecified atom stereocenters. The number of methoxy groups -OCH3 is 2. The summed E-state index contributed by atoms with van der Waals surface area (Å²) in [5.74, 6) is 0.711. The summed E-state index contributed by atoms with van der Waals surface area (Å²) in [6.45, 7) is -0.410. The number of carbonyl (C=O) groups is 1. The van der Waals surface area contributed by atoms with Crippen molar-refractivity contribution in [2.75, 3.05) is 20.8 Å². The Bertz CT molecular complexity index is 1150. The first-order valence-corrected chi connectivity index (χ1v) is 9.58. The smallest absolute Gasteiger partial charge is 0.306 e. The van der Waals surface area contributed by atoms with Crippen molar-refractivity contribution in [3.8, 4) is 17.6 Å². The van der Waals surface area contributed by atoms with E-state index < -0.39 is 12.6 Å². The molecule has 0 spiro atoms. The van der Waals surface area contributed by atoms with Crippen LogP contribution in [0.25, 0.3) is 16.6 Å². The van der Waals surface area contributed by atoms with Crippen molar-refractivity contribution in [3.05, 3.63) is 59.6 Å². The SMILES string of the molecule is COc1cc(CCC(=O)OC/C(O)=C(\C#N)c2nc3ccccc3n2C)cc(OC)c1. The molecule has 1 aromatic heterocycles. The van der Waals surface area contributed by atoms with Crippen LogP contribution in [0.2, 0.25) is 0 Å². The average molecular weight is 421 g/mol. The molecule has 2 aromatic carbocycles. The molecule has 0 aliphatic carbocycles. The predicted octanol–water partition coefficient (Wildman–Crippen LogP) is 3.56. The van der Waals surface area contributed by atoms with Crippen molar-refractivity contribution in [1.29, 1.82) is 5.26 Å². The van der Waals surface area contributed by atoms with Gasteiger partial charge in [-0.2, -0.15) is 5.26 Å². The first-order chi connectivity index (χ1) is 15.0. The van der Waals surface area contributed by atoms with Crippen molar-refractivity contribution in [3.63, 3.8) is 0 Å². The number of allylic oxidation sites excluding steroid dienone is 1. The number of hydrogen-bond acceptors (Lipinski definition) is 7. The summed E-state index contributed by atoms with van der Waals surface area (Å²) in [6.07, 6.45) is 0.504. The Morgan fingerprint density at radius 1 is 1.16 bits per heavy atom. The maximum atomic E-state index is 12.2. The van der Waals surface area contributed by atoms with E-state index >= 15 is 0 Å². The molecular formula is C23H23N3O5. The van der Waals surface area contributed by atoms with Gasteiger partial charge in [-0.15, -0.1) is 0 Å². The van der Waals surface area contributed by atoms with Crippen molar-refractivity contribution in [1.82, 2.24) is 9.55 Å². The normalized spacial score (nSPS) is 11.5. The van der Waals surface area contributed by atoms with Gasteiger partial charge < -0.3 is 23.9 Å². The third-order valence-corrected chi connectivity index (χ3v) is 4.81. The molecule has 0 amide bonds. The number of benzene rings is 2. The van der Waals surface area contributed by atoms with Gasteiger partial charge in [0.05, 0.1) is 25.3 Å². The number of carbonyl (C=O) groups excluding carboxylic acids is 1. The molecule has 31 heavy (non-hydrogen) atoms. The van der Waals surface area contributed by atoms with E-state index in [9.17, 15) is 15.2 Å². The van der Waals surface area contributed by atoms with Gasteiger partial charge in [0.25, 0.3) is 0 Å². The number of aryl methyl sites for hydroxylation is 2. The summed E-state index contributed by atoms with van der Waals surface area (Å²) in [6, 6.07) is 14.7. The fraction of sp³-hybridized carbons (Fsp3) is 0.261. The number of nitrogens with zero attached hydrogens (tertiary/aromatic N) is 3.